The maximum absolute atomic E-state index is 11.7. The van der Waals surface area contributed by atoms with E-state index in [4.69, 9.17) is 36.1 Å². The Morgan fingerprint density at radius 3 is 2.64 bits per heavy atom. The fourth-order valence-electron chi connectivity index (χ4n) is 5.38. The fraction of sp³-hybridized carbons (Fsp3) is 0.379. The van der Waals surface area contributed by atoms with Gasteiger partial charge in [-0.05, 0) is 60.4 Å². The monoisotopic (exact) mass is 543 g/mol. The highest BCUT2D eigenvalue weighted by atomic mass is 35.5. The first-order valence-corrected chi connectivity index (χ1v) is 13.8. The molecule has 6 rings (SSSR count). The average Bonchev–Trinajstić information content (AvgIpc) is 3.53. The maximum Gasteiger partial charge on any atom is 0.439 e. The standard InChI is InChI=1S/C29H30ClN7O2/c1-16(2)19-11-12-31-22(14-19)28-34-25-24(37(28)15-18-9-7-17(3)8-10-18)23(20-5-4-6-21(30)13-20)32-26(33-25)27-35-29(38)39-36-27/h4-6,11-14,16-18H,7-10,15H2,1-3H3,(H,35,36,38)/t17-,18-. The van der Waals surface area contributed by atoms with Crippen LogP contribution < -0.4 is 5.76 Å². The summed E-state index contributed by atoms with van der Waals surface area (Å²) < 4.78 is 6.97. The van der Waals surface area contributed by atoms with Gasteiger partial charge in [0.2, 0.25) is 11.6 Å². The first-order chi connectivity index (χ1) is 18.9. The van der Waals surface area contributed by atoms with Crippen molar-refractivity contribution < 1.29 is 4.52 Å². The number of nitrogens with zero attached hydrogens (tertiary/aromatic N) is 6. The van der Waals surface area contributed by atoms with Gasteiger partial charge in [0, 0.05) is 23.3 Å². The SMILES string of the molecule is CC(C)c1ccnc(-c2nc3nc(-c4noc(=O)[nH]4)nc(-c4cccc(Cl)c4)c3n2C[C@H]2CC[C@H](C)CC2)c1. The molecule has 0 spiro atoms. The van der Waals surface area contributed by atoms with Gasteiger partial charge < -0.3 is 4.57 Å². The van der Waals surface area contributed by atoms with Gasteiger partial charge in [-0.2, -0.15) is 0 Å². The minimum atomic E-state index is -0.676. The molecule has 10 heteroatoms. The summed E-state index contributed by atoms with van der Waals surface area (Å²) in [6, 6.07) is 11.7. The van der Waals surface area contributed by atoms with E-state index >= 15 is 0 Å². The molecule has 1 aliphatic carbocycles. The Bertz CT molecular complexity index is 1700. The quantitative estimate of drug-likeness (QED) is 0.260. The lowest BCUT2D eigenvalue weighted by Gasteiger charge is -2.27. The van der Waals surface area contributed by atoms with Crippen LogP contribution in [0.25, 0.3) is 45.6 Å². The molecule has 0 bridgehead atoms. The second kappa shape index (κ2) is 10.4. The van der Waals surface area contributed by atoms with Gasteiger partial charge in [0.1, 0.15) is 16.9 Å². The molecule has 0 aliphatic heterocycles. The predicted octanol–water partition coefficient (Wildman–Crippen LogP) is 6.50. The highest BCUT2D eigenvalue weighted by Gasteiger charge is 2.26. The van der Waals surface area contributed by atoms with Crippen molar-refractivity contribution in [2.75, 3.05) is 0 Å². The van der Waals surface area contributed by atoms with Crippen LogP contribution in [0.1, 0.15) is 57.9 Å². The lowest BCUT2D eigenvalue weighted by atomic mass is 9.83. The minimum absolute atomic E-state index is 0.141. The largest absolute Gasteiger partial charge is 0.439 e. The lowest BCUT2D eigenvalue weighted by molar-refractivity contribution is 0.267. The molecule has 0 atom stereocenters. The maximum atomic E-state index is 11.7. The van der Waals surface area contributed by atoms with Gasteiger partial charge in [-0.15, -0.1) is 0 Å². The van der Waals surface area contributed by atoms with Crippen LogP contribution in [0.15, 0.2) is 51.9 Å². The highest BCUT2D eigenvalue weighted by molar-refractivity contribution is 6.30. The molecule has 1 saturated carbocycles. The molecule has 1 aliphatic rings. The van der Waals surface area contributed by atoms with Crippen molar-refractivity contribution >= 4 is 22.8 Å². The number of fused-ring (bicyclic) bond motifs is 1. The number of aromatic nitrogens is 7. The Kier molecular flexibility index (Phi) is 6.76. The van der Waals surface area contributed by atoms with Gasteiger partial charge in [0.05, 0.1) is 0 Å². The Morgan fingerprint density at radius 2 is 1.92 bits per heavy atom. The van der Waals surface area contributed by atoms with E-state index in [0.29, 0.717) is 28.2 Å². The van der Waals surface area contributed by atoms with Crippen molar-refractivity contribution in [1.29, 1.82) is 0 Å². The molecule has 0 unspecified atom stereocenters. The summed E-state index contributed by atoms with van der Waals surface area (Å²) in [7, 11) is 0. The smallest absolute Gasteiger partial charge is 0.319 e. The van der Waals surface area contributed by atoms with E-state index < -0.39 is 5.76 Å². The summed E-state index contributed by atoms with van der Waals surface area (Å²) >= 11 is 6.41. The zero-order valence-corrected chi connectivity index (χ0v) is 22.9. The van der Waals surface area contributed by atoms with Crippen molar-refractivity contribution in [3.63, 3.8) is 0 Å². The summed E-state index contributed by atoms with van der Waals surface area (Å²) in [6.45, 7) is 7.44. The Morgan fingerprint density at radius 1 is 1.10 bits per heavy atom. The topological polar surface area (TPSA) is 115 Å². The molecule has 0 radical (unpaired) electrons. The molecule has 9 nitrogen and oxygen atoms in total. The van der Waals surface area contributed by atoms with Crippen LogP contribution in [-0.2, 0) is 6.54 Å². The van der Waals surface area contributed by atoms with E-state index in [0.717, 1.165) is 47.9 Å². The molecule has 0 amide bonds. The Balaban J connectivity index is 1.62. The van der Waals surface area contributed by atoms with E-state index in [1.165, 1.54) is 18.4 Å². The highest BCUT2D eigenvalue weighted by Crippen LogP contribution is 2.36. The van der Waals surface area contributed by atoms with Crippen LogP contribution in [0.5, 0.6) is 0 Å². The number of nitrogens with one attached hydrogen (secondary N) is 1. The molecule has 1 N–H and O–H groups in total. The molecule has 0 saturated heterocycles. The van der Waals surface area contributed by atoms with E-state index in [9.17, 15) is 4.79 Å². The Hall–Kier alpha value is -3.85. The van der Waals surface area contributed by atoms with Crippen LogP contribution >= 0.6 is 11.6 Å². The number of hydrogen-bond donors (Lipinski definition) is 1. The average molecular weight is 544 g/mol. The van der Waals surface area contributed by atoms with Gasteiger partial charge in [-0.1, -0.05) is 62.5 Å². The summed E-state index contributed by atoms with van der Waals surface area (Å²) in [6.07, 6.45) is 6.59. The third-order valence-electron chi connectivity index (χ3n) is 7.61. The number of pyridine rings is 1. The van der Waals surface area contributed by atoms with Crippen LogP contribution in [0.4, 0.5) is 0 Å². The second-order valence-electron chi connectivity index (χ2n) is 10.8. The molecule has 1 fully saturated rings. The van der Waals surface area contributed by atoms with Crippen molar-refractivity contribution in [1.82, 2.24) is 34.6 Å². The normalized spacial score (nSPS) is 17.8. The van der Waals surface area contributed by atoms with Crippen molar-refractivity contribution in [2.45, 2.75) is 58.9 Å². The third kappa shape index (κ3) is 5.11. The first-order valence-electron chi connectivity index (χ1n) is 13.4. The molecule has 1 aromatic carbocycles. The van der Waals surface area contributed by atoms with E-state index in [2.05, 4.69) is 41.5 Å². The minimum Gasteiger partial charge on any atom is -0.319 e. The molecule has 39 heavy (non-hydrogen) atoms. The predicted molar refractivity (Wildman–Crippen MR) is 150 cm³/mol. The Labute approximate surface area is 230 Å². The summed E-state index contributed by atoms with van der Waals surface area (Å²) in [5, 5.41) is 4.42. The van der Waals surface area contributed by atoms with Crippen LogP contribution in [0, 0.1) is 11.8 Å². The number of aromatic amines is 1. The molecule has 200 valence electrons. The zero-order chi connectivity index (χ0) is 27.1. The first kappa shape index (κ1) is 25.4. The molecule has 5 aromatic rings. The van der Waals surface area contributed by atoms with Crippen molar-refractivity contribution in [3.8, 4) is 34.4 Å². The number of H-pyrrole nitrogens is 1. The molecular formula is C29H30ClN7O2. The number of imidazole rings is 1. The van der Waals surface area contributed by atoms with Crippen LogP contribution in [0.2, 0.25) is 5.02 Å². The molecular weight excluding hydrogens is 514 g/mol. The second-order valence-corrected chi connectivity index (χ2v) is 11.3. The van der Waals surface area contributed by atoms with Gasteiger partial charge in [0.15, 0.2) is 11.5 Å². The van der Waals surface area contributed by atoms with Gasteiger partial charge in [-0.25, -0.2) is 19.7 Å². The zero-order valence-electron chi connectivity index (χ0n) is 22.2. The fourth-order valence-corrected chi connectivity index (χ4v) is 5.57. The summed E-state index contributed by atoms with van der Waals surface area (Å²) in [4.78, 5) is 33.6. The third-order valence-corrected chi connectivity index (χ3v) is 7.84. The van der Waals surface area contributed by atoms with Crippen molar-refractivity contribution in [3.05, 3.63) is 63.7 Å². The van der Waals surface area contributed by atoms with E-state index in [1.807, 2.05) is 36.5 Å². The van der Waals surface area contributed by atoms with Crippen LogP contribution in [0.3, 0.4) is 0 Å². The van der Waals surface area contributed by atoms with Gasteiger partial charge in [-0.3, -0.25) is 14.5 Å². The number of hydrogen-bond acceptors (Lipinski definition) is 7. The number of halogens is 1. The molecule has 4 aromatic heterocycles. The van der Waals surface area contributed by atoms with E-state index in [1.54, 1.807) is 0 Å². The molecule has 4 heterocycles. The summed E-state index contributed by atoms with van der Waals surface area (Å²) in [5.74, 6) is 2.03. The van der Waals surface area contributed by atoms with E-state index in [-0.39, 0.29) is 11.6 Å². The van der Waals surface area contributed by atoms with Gasteiger partial charge >= 0.3 is 5.76 Å². The summed E-state index contributed by atoms with van der Waals surface area (Å²) in [5.41, 5.74) is 4.75. The van der Waals surface area contributed by atoms with Gasteiger partial charge in [0.25, 0.3) is 0 Å². The number of rotatable bonds is 6. The van der Waals surface area contributed by atoms with Crippen LogP contribution in [-0.4, -0.2) is 34.6 Å². The number of benzene rings is 1. The van der Waals surface area contributed by atoms with Crippen molar-refractivity contribution in [2.24, 2.45) is 11.8 Å². The lowest BCUT2D eigenvalue weighted by Crippen LogP contribution is -2.18.